The quantitative estimate of drug-likeness (QED) is 0.806. The van der Waals surface area contributed by atoms with Gasteiger partial charge in [-0.2, -0.15) is 5.10 Å². The molecule has 0 spiro atoms. The van der Waals surface area contributed by atoms with Crippen molar-refractivity contribution in [3.63, 3.8) is 0 Å². The molecule has 5 rings (SSSR count). The number of aromatic nitrogens is 2. The van der Waals surface area contributed by atoms with E-state index in [-0.39, 0.29) is 29.8 Å². The van der Waals surface area contributed by atoms with Gasteiger partial charge in [-0.05, 0) is 31.4 Å². The molecule has 2 aliphatic heterocycles. The monoisotopic (exact) mass is 395 g/mol. The molecule has 2 amide bonds. The van der Waals surface area contributed by atoms with Crippen LogP contribution in [0.3, 0.4) is 0 Å². The van der Waals surface area contributed by atoms with Crippen molar-refractivity contribution in [1.82, 2.24) is 20.0 Å². The molecule has 29 heavy (non-hydrogen) atoms. The largest absolute Gasteiger partial charge is 0.352 e. The Morgan fingerprint density at radius 3 is 2.34 bits per heavy atom. The standard InChI is InChI=1S/C22H29N5O2/c1-2-19(27-21(28)15-7-3-4-8-16(15)22(27)29)25-11-13-26(14-12-25)20-17-9-5-6-10-18(17)23-24-20/h5-6,9-10,15-16,19H,2-4,7-8,11-14H2,1H3,(H,23,24). The van der Waals surface area contributed by atoms with E-state index in [1.54, 1.807) is 4.90 Å². The summed E-state index contributed by atoms with van der Waals surface area (Å²) in [5.74, 6) is 1.01. The first-order valence-electron chi connectivity index (χ1n) is 11.0. The Kier molecular flexibility index (Phi) is 4.78. The van der Waals surface area contributed by atoms with Crippen molar-refractivity contribution >= 4 is 28.5 Å². The van der Waals surface area contributed by atoms with Crippen LogP contribution in [0.5, 0.6) is 0 Å². The molecule has 2 aromatic rings. The number of nitrogens with one attached hydrogen (secondary N) is 1. The van der Waals surface area contributed by atoms with Crippen LogP contribution in [0.25, 0.3) is 10.9 Å². The van der Waals surface area contributed by atoms with Crippen molar-refractivity contribution in [2.45, 2.75) is 45.2 Å². The molecule has 3 fully saturated rings. The van der Waals surface area contributed by atoms with E-state index in [1.807, 2.05) is 18.2 Å². The molecule has 1 N–H and O–H groups in total. The Balaban J connectivity index is 1.30. The second kappa shape index (κ2) is 7.44. The minimum absolute atomic E-state index is 0.0676. The molecule has 1 saturated carbocycles. The van der Waals surface area contributed by atoms with Crippen molar-refractivity contribution in [3.8, 4) is 0 Å². The highest BCUT2D eigenvalue weighted by Gasteiger charge is 2.51. The molecule has 0 radical (unpaired) electrons. The number of para-hydroxylation sites is 1. The maximum atomic E-state index is 13.0. The van der Waals surface area contributed by atoms with Crippen LogP contribution in [0, 0.1) is 11.8 Å². The van der Waals surface area contributed by atoms with Crippen LogP contribution in [0.15, 0.2) is 24.3 Å². The molecule has 3 heterocycles. The van der Waals surface area contributed by atoms with Gasteiger partial charge in [0.05, 0.1) is 23.5 Å². The molecule has 3 aliphatic rings. The average Bonchev–Trinajstić information content (AvgIpc) is 3.30. The zero-order valence-electron chi connectivity index (χ0n) is 17.0. The van der Waals surface area contributed by atoms with E-state index in [4.69, 9.17) is 0 Å². The van der Waals surface area contributed by atoms with Gasteiger partial charge in [0.2, 0.25) is 11.8 Å². The van der Waals surface area contributed by atoms with Crippen LogP contribution >= 0.6 is 0 Å². The zero-order valence-corrected chi connectivity index (χ0v) is 17.0. The van der Waals surface area contributed by atoms with Crippen molar-refractivity contribution in [3.05, 3.63) is 24.3 Å². The Morgan fingerprint density at radius 1 is 1.03 bits per heavy atom. The van der Waals surface area contributed by atoms with E-state index >= 15 is 0 Å². The van der Waals surface area contributed by atoms with E-state index in [2.05, 4.69) is 33.0 Å². The van der Waals surface area contributed by atoms with E-state index < -0.39 is 0 Å². The Labute approximate surface area is 171 Å². The van der Waals surface area contributed by atoms with Crippen LogP contribution in [0.4, 0.5) is 5.82 Å². The fourth-order valence-electron chi connectivity index (χ4n) is 5.51. The molecule has 1 aromatic heterocycles. The third-order valence-corrected chi connectivity index (χ3v) is 7.02. The summed E-state index contributed by atoms with van der Waals surface area (Å²) in [7, 11) is 0. The molecule has 3 unspecified atom stereocenters. The lowest BCUT2D eigenvalue weighted by Crippen LogP contribution is -2.57. The van der Waals surface area contributed by atoms with Crippen LogP contribution in [-0.2, 0) is 9.59 Å². The number of piperazine rings is 1. The number of fused-ring (bicyclic) bond motifs is 2. The number of H-pyrrole nitrogens is 1. The summed E-state index contributed by atoms with van der Waals surface area (Å²) in [6, 6.07) is 8.18. The molecule has 3 atom stereocenters. The molecule has 1 aromatic carbocycles. The number of amides is 2. The number of carbonyl (C=O) groups is 2. The van der Waals surface area contributed by atoms with E-state index in [1.165, 1.54) is 0 Å². The molecule has 7 heteroatoms. The summed E-state index contributed by atoms with van der Waals surface area (Å²) >= 11 is 0. The number of anilines is 1. The van der Waals surface area contributed by atoms with Crippen molar-refractivity contribution in [1.29, 1.82) is 0 Å². The highest BCUT2D eigenvalue weighted by Crippen LogP contribution is 2.39. The second-order valence-electron chi connectivity index (χ2n) is 8.55. The number of rotatable bonds is 4. The van der Waals surface area contributed by atoms with Gasteiger partial charge in [0.25, 0.3) is 0 Å². The summed E-state index contributed by atoms with van der Waals surface area (Å²) in [5, 5.41) is 8.78. The van der Waals surface area contributed by atoms with Gasteiger partial charge in [0, 0.05) is 31.6 Å². The lowest BCUT2D eigenvalue weighted by Gasteiger charge is -2.42. The van der Waals surface area contributed by atoms with Gasteiger partial charge < -0.3 is 4.90 Å². The number of hydrogen-bond acceptors (Lipinski definition) is 5. The summed E-state index contributed by atoms with van der Waals surface area (Å²) in [4.78, 5) is 32.3. The second-order valence-corrected chi connectivity index (χ2v) is 8.55. The third kappa shape index (κ3) is 3.03. The SMILES string of the molecule is CCC(N1CCN(c2n[nH]c3ccccc23)CC1)N1C(=O)C2CCCCC2C1=O. The van der Waals surface area contributed by atoms with Gasteiger partial charge in [-0.1, -0.05) is 31.9 Å². The zero-order chi connectivity index (χ0) is 20.0. The van der Waals surface area contributed by atoms with Crippen LogP contribution < -0.4 is 4.90 Å². The molecule has 154 valence electrons. The molecule has 2 saturated heterocycles. The van der Waals surface area contributed by atoms with E-state index in [9.17, 15) is 9.59 Å². The lowest BCUT2D eigenvalue weighted by molar-refractivity contribution is -0.147. The highest BCUT2D eigenvalue weighted by molar-refractivity contribution is 6.05. The topological polar surface area (TPSA) is 72.5 Å². The molecule has 7 nitrogen and oxygen atoms in total. The predicted molar refractivity (Wildman–Crippen MR) is 111 cm³/mol. The summed E-state index contributed by atoms with van der Waals surface area (Å²) in [6.07, 6.45) is 4.56. The van der Waals surface area contributed by atoms with E-state index in [0.717, 1.165) is 75.0 Å². The number of carbonyl (C=O) groups excluding carboxylic acids is 2. The maximum absolute atomic E-state index is 13.0. The first-order chi connectivity index (χ1) is 14.2. The smallest absolute Gasteiger partial charge is 0.234 e. The highest BCUT2D eigenvalue weighted by atomic mass is 16.2. The minimum atomic E-state index is -0.112. The first kappa shape index (κ1) is 18.6. The molecule has 1 aliphatic carbocycles. The van der Waals surface area contributed by atoms with Gasteiger partial charge in [0.15, 0.2) is 5.82 Å². The van der Waals surface area contributed by atoms with Gasteiger partial charge in [-0.25, -0.2) is 0 Å². The molecular weight excluding hydrogens is 366 g/mol. The Morgan fingerprint density at radius 2 is 1.69 bits per heavy atom. The van der Waals surface area contributed by atoms with Crippen molar-refractivity contribution < 1.29 is 9.59 Å². The minimum Gasteiger partial charge on any atom is -0.352 e. The van der Waals surface area contributed by atoms with Crippen LogP contribution in [-0.4, -0.2) is 64.2 Å². The van der Waals surface area contributed by atoms with Gasteiger partial charge >= 0.3 is 0 Å². The van der Waals surface area contributed by atoms with Gasteiger partial charge in [0.1, 0.15) is 0 Å². The molecule has 0 bridgehead atoms. The maximum Gasteiger partial charge on any atom is 0.234 e. The van der Waals surface area contributed by atoms with Crippen molar-refractivity contribution in [2.24, 2.45) is 11.8 Å². The number of likely N-dealkylation sites (tertiary alicyclic amines) is 1. The lowest BCUT2D eigenvalue weighted by atomic mass is 9.81. The first-order valence-corrected chi connectivity index (χ1v) is 11.0. The normalized spacial score (nSPS) is 26.9. The number of nitrogens with zero attached hydrogens (tertiary/aromatic N) is 4. The van der Waals surface area contributed by atoms with Crippen LogP contribution in [0.2, 0.25) is 0 Å². The predicted octanol–water partition coefficient (Wildman–Crippen LogP) is 2.60. The van der Waals surface area contributed by atoms with Gasteiger partial charge in [-0.3, -0.25) is 24.5 Å². The fraction of sp³-hybridized carbons (Fsp3) is 0.591. The van der Waals surface area contributed by atoms with Crippen molar-refractivity contribution in [2.75, 3.05) is 31.1 Å². The number of hydrogen-bond donors (Lipinski definition) is 1. The average molecular weight is 396 g/mol. The number of benzene rings is 1. The summed E-state index contributed by atoms with van der Waals surface area (Å²) < 4.78 is 0. The Bertz CT molecular complexity index is 893. The molecular formula is C22H29N5O2. The summed E-state index contributed by atoms with van der Waals surface area (Å²) in [6.45, 7) is 5.42. The Hall–Kier alpha value is -2.41. The third-order valence-electron chi connectivity index (χ3n) is 7.02. The van der Waals surface area contributed by atoms with Gasteiger partial charge in [-0.15, -0.1) is 0 Å². The number of aromatic amines is 1. The summed E-state index contributed by atoms with van der Waals surface area (Å²) in [5.41, 5.74) is 1.05. The van der Waals surface area contributed by atoms with E-state index in [0.29, 0.717) is 0 Å². The van der Waals surface area contributed by atoms with Crippen LogP contribution in [0.1, 0.15) is 39.0 Å². The number of imide groups is 1. The fourth-order valence-corrected chi connectivity index (χ4v) is 5.51.